The van der Waals surface area contributed by atoms with Crippen molar-refractivity contribution in [3.63, 3.8) is 0 Å². The lowest BCUT2D eigenvalue weighted by atomic mass is 10.1. The van der Waals surface area contributed by atoms with E-state index in [1.54, 1.807) is 17.6 Å². The van der Waals surface area contributed by atoms with E-state index in [9.17, 15) is 4.79 Å². The normalized spacial score (nSPS) is 10.7. The summed E-state index contributed by atoms with van der Waals surface area (Å²) >= 11 is 0. The molecule has 0 aliphatic rings. The fourth-order valence-corrected chi connectivity index (χ4v) is 2.40. The predicted octanol–water partition coefficient (Wildman–Crippen LogP) is 1.45. The first-order valence-corrected chi connectivity index (χ1v) is 7.39. The van der Waals surface area contributed by atoms with Gasteiger partial charge in [0.25, 0.3) is 11.7 Å². The Morgan fingerprint density at radius 1 is 1.30 bits per heavy atom. The number of fused-ring (bicyclic) bond motifs is 1. The van der Waals surface area contributed by atoms with Crippen LogP contribution >= 0.6 is 0 Å². The van der Waals surface area contributed by atoms with Crippen LogP contribution in [0.4, 0.5) is 5.82 Å². The van der Waals surface area contributed by atoms with Gasteiger partial charge in [-0.05, 0) is 31.0 Å². The highest BCUT2D eigenvalue weighted by Crippen LogP contribution is 2.11. The van der Waals surface area contributed by atoms with Crippen molar-refractivity contribution in [1.29, 1.82) is 0 Å². The summed E-state index contributed by atoms with van der Waals surface area (Å²) in [5.41, 5.74) is 2.65. The Balaban J connectivity index is 1.69. The third kappa shape index (κ3) is 3.28. The smallest absolute Gasteiger partial charge is 0.254 e. The minimum Gasteiger partial charge on any atom is -0.370 e. The second-order valence-corrected chi connectivity index (χ2v) is 5.21. The molecule has 3 aromatic rings. The van der Waals surface area contributed by atoms with Crippen LogP contribution in [-0.2, 0) is 6.42 Å². The number of hydrogen-bond donors (Lipinski definition) is 2. The average Bonchev–Trinajstić information content (AvgIpc) is 3.02. The molecule has 0 radical (unpaired) electrons. The van der Waals surface area contributed by atoms with Gasteiger partial charge in [-0.1, -0.05) is 12.1 Å². The molecular formula is C16H18N6O. The van der Waals surface area contributed by atoms with Crippen LogP contribution in [0.2, 0.25) is 0 Å². The molecule has 0 aliphatic heterocycles. The van der Waals surface area contributed by atoms with E-state index in [0.717, 1.165) is 30.0 Å². The summed E-state index contributed by atoms with van der Waals surface area (Å²) in [4.78, 5) is 20.1. The standard InChI is InChI=1S/C16H18N6O/c1-11-8-14(22-16(21-11)19-10-20-22)18-7-6-12-4-3-5-13(9-12)15(23)17-2/h3-5,8-10,18H,6-7H2,1-2H3,(H,17,23). The van der Waals surface area contributed by atoms with Gasteiger partial charge in [0.15, 0.2) is 0 Å². The minimum absolute atomic E-state index is 0.0751. The Kier molecular flexibility index (Phi) is 4.18. The quantitative estimate of drug-likeness (QED) is 0.745. The Bertz CT molecular complexity index is 841. The average molecular weight is 310 g/mol. The van der Waals surface area contributed by atoms with Crippen LogP contribution in [0.1, 0.15) is 21.6 Å². The number of aromatic nitrogens is 4. The molecule has 2 N–H and O–H groups in total. The maximum absolute atomic E-state index is 11.7. The van der Waals surface area contributed by atoms with Crippen molar-refractivity contribution in [1.82, 2.24) is 24.9 Å². The number of aryl methyl sites for hydroxylation is 1. The molecule has 118 valence electrons. The van der Waals surface area contributed by atoms with Crippen molar-refractivity contribution < 1.29 is 4.79 Å². The van der Waals surface area contributed by atoms with Gasteiger partial charge in [-0.2, -0.15) is 14.6 Å². The lowest BCUT2D eigenvalue weighted by molar-refractivity contribution is 0.0963. The molecule has 0 bridgehead atoms. The van der Waals surface area contributed by atoms with Gasteiger partial charge in [0.05, 0.1) is 0 Å². The molecular weight excluding hydrogens is 292 g/mol. The molecule has 1 aromatic carbocycles. The van der Waals surface area contributed by atoms with Gasteiger partial charge in [0, 0.05) is 30.9 Å². The molecule has 0 spiro atoms. The van der Waals surface area contributed by atoms with Gasteiger partial charge >= 0.3 is 0 Å². The van der Waals surface area contributed by atoms with E-state index in [4.69, 9.17) is 0 Å². The molecule has 2 heterocycles. The number of amides is 1. The van der Waals surface area contributed by atoms with E-state index >= 15 is 0 Å². The highest BCUT2D eigenvalue weighted by atomic mass is 16.1. The van der Waals surface area contributed by atoms with Crippen molar-refractivity contribution in [2.24, 2.45) is 0 Å². The molecule has 23 heavy (non-hydrogen) atoms. The third-order valence-corrected chi connectivity index (χ3v) is 3.52. The molecule has 0 unspecified atom stereocenters. The molecule has 1 amide bonds. The van der Waals surface area contributed by atoms with Gasteiger partial charge in [0.2, 0.25) is 0 Å². The Hall–Kier alpha value is -2.96. The predicted molar refractivity (Wildman–Crippen MR) is 87.5 cm³/mol. The zero-order valence-corrected chi connectivity index (χ0v) is 13.1. The number of benzene rings is 1. The summed E-state index contributed by atoms with van der Waals surface area (Å²) in [5.74, 6) is 1.36. The largest absolute Gasteiger partial charge is 0.370 e. The summed E-state index contributed by atoms with van der Waals surface area (Å²) in [7, 11) is 1.63. The summed E-state index contributed by atoms with van der Waals surface area (Å²) in [6.07, 6.45) is 2.28. The maximum atomic E-state index is 11.7. The summed E-state index contributed by atoms with van der Waals surface area (Å²) < 4.78 is 1.67. The van der Waals surface area contributed by atoms with E-state index in [1.807, 2.05) is 31.2 Å². The van der Waals surface area contributed by atoms with E-state index in [0.29, 0.717) is 11.3 Å². The minimum atomic E-state index is -0.0751. The van der Waals surface area contributed by atoms with Crippen LogP contribution in [0.5, 0.6) is 0 Å². The van der Waals surface area contributed by atoms with Crippen molar-refractivity contribution in [2.45, 2.75) is 13.3 Å². The lowest BCUT2D eigenvalue weighted by Gasteiger charge is -2.09. The molecule has 2 aromatic heterocycles. The highest BCUT2D eigenvalue weighted by molar-refractivity contribution is 5.94. The summed E-state index contributed by atoms with van der Waals surface area (Å²) in [5, 5.41) is 10.1. The first-order chi connectivity index (χ1) is 11.2. The van der Waals surface area contributed by atoms with Crippen LogP contribution in [-0.4, -0.2) is 39.1 Å². The zero-order chi connectivity index (χ0) is 16.2. The van der Waals surface area contributed by atoms with Gasteiger partial charge in [-0.3, -0.25) is 4.79 Å². The highest BCUT2D eigenvalue weighted by Gasteiger charge is 2.06. The second kappa shape index (κ2) is 6.43. The second-order valence-electron chi connectivity index (χ2n) is 5.21. The summed E-state index contributed by atoms with van der Waals surface area (Å²) in [6.45, 7) is 2.64. The van der Waals surface area contributed by atoms with Gasteiger partial charge in [0.1, 0.15) is 12.1 Å². The first kappa shape index (κ1) is 15.0. The van der Waals surface area contributed by atoms with Crippen LogP contribution in [0.25, 0.3) is 5.78 Å². The zero-order valence-electron chi connectivity index (χ0n) is 13.1. The van der Waals surface area contributed by atoms with E-state index < -0.39 is 0 Å². The van der Waals surface area contributed by atoms with E-state index in [-0.39, 0.29) is 5.91 Å². The molecule has 0 aliphatic carbocycles. The molecule has 0 fully saturated rings. The molecule has 0 saturated heterocycles. The van der Waals surface area contributed by atoms with Crippen molar-refractivity contribution >= 4 is 17.5 Å². The number of nitrogens with zero attached hydrogens (tertiary/aromatic N) is 4. The van der Waals surface area contributed by atoms with E-state index in [1.165, 1.54) is 6.33 Å². The monoisotopic (exact) mass is 310 g/mol. The number of rotatable bonds is 5. The van der Waals surface area contributed by atoms with Gasteiger partial charge < -0.3 is 10.6 Å². The van der Waals surface area contributed by atoms with Crippen LogP contribution in [0.3, 0.4) is 0 Å². The van der Waals surface area contributed by atoms with Crippen molar-refractivity contribution in [3.05, 3.63) is 53.5 Å². The molecule has 7 nitrogen and oxygen atoms in total. The Morgan fingerprint density at radius 3 is 3.00 bits per heavy atom. The molecule has 0 atom stereocenters. The number of carbonyl (C=O) groups is 1. The number of carbonyl (C=O) groups excluding carboxylic acids is 1. The third-order valence-electron chi connectivity index (χ3n) is 3.52. The van der Waals surface area contributed by atoms with Crippen LogP contribution < -0.4 is 10.6 Å². The Morgan fingerprint density at radius 2 is 2.17 bits per heavy atom. The fourth-order valence-electron chi connectivity index (χ4n) is 2.40. The first-order valence-electron chi connectivity index (χ1n) is 7.39. The van der Waals surface area contributed by atoms with E-state index in [2.05, 4.69) is 25.7 Å². The van der Waals surface area contributed by atoms with Crippen molar-refractivity contribution in [2.75, 3.05) is 18.9 Å². The van der Waals surface area contributed by atoms with Crippen molar-refractivity contribution in [3.8, 4) is 0 Å². The Labute approximate surface area is 133 Å². The topological polar surface area (TPSA) is 84.2 Å². The molecule has 0 saturated carbocycles. The van der Waals surface area contributed by atoms with Crippen LogP contribution in [0, 0.1) is 6.92 Å². The van der Waals surface area contributed by atoms with Gasteiger partial charge in [-0.15, -0.1) is 0 Å². The SMILES string of the molecule is CNC(=O)c1cccc(CCNc2cc(C)nc3ncnn23)c1. The van der Waals surface area contributed by atoms with Crippen LogP contribution in [0.15, 0.2) is 36.7 Å². The number of anilines is 1. The molecule has 7 heteroatoms. The fraction of sp³-hybridized carbons (Fsp3) is 0.250. The lowest BCUT2D eigenvalue weighted by Crippen LogP contribution is -2.18. The van der Waals surface area contributed by atoms with Gasteiger partial charge in [-0.25, -0.2) is 4.98 Å². The molecule has 3 rings (SSSR count). The number of hydrogen-bond acceptors (Lipinski definition) is 5. The maximum Gasteiger partial charge on any atom is 0.254 e. The number of nitrogens with one attached hydrogen (secondary N) is 2. The summed E-state index contributed by atoms with van der Waals surface area (Å²) in [6, 6.07) is 9.55.